The highest BCUT2D eigenvalue weighted by Gasteiger charge is 2.01. The van der Waals surface area contributed by atoms with Gasteiger partial charge < -0.3 is 0 Å². The summed E-state index contributed by atoms with van der Waals surface area (Å²) in [4.78, 5) is 0. The van der Waals surface area contributed by atoms with Gasteiger partial charge in [0.05, 0.1) is 10.2 Å². The predicted octanol–water partition coefficient (Wildman–Crippen LogP) is 0.359. The van der Waals surface area contributed by atoms with Crippen molar-refractivity contribution in [1.82, 2.24) is 0 Å². The van der Waals surface area contributed by atoms with Gasteiger partial charge in [-0.25, -0.2) is 0 Å². The maximum Gasteiger partial charge on any atom is 0.0906 e. The molecule has 40 valence electrons. The van der Waals surface area contributed by atoms with E-state index in [4.69, 9.17) is 0 Å². The van der Waals surface area contributed by atoms with Crippen LogP contribution in [0.15, 0.2) is 0 Å². The molecule has 0 rings (SSSR count). The van der Waals surface area contributed by atoms with E-state index >= 15 is 0 Å². The van der Waals surface area contributed by atoms with E-state index in [2.05, 4.69) is 32.2 Å². The fourth-order valence-corrected chi connectivity index (χ4v) is 1.12. The SMILES string of the molecule is CC(C)(C)C#C[SiH3]. The minimum Gasteiger partial charge on any atom is -0.143 e. The molecule has 0 aliphatic carbocycles. The first-order chi connectivity index (χ1) is 3.06. The molecule has 0 spiro atoms. The van der Waals surface area contributed by atoms with Crippen LogP contribution in [0.3, 0.4) is 0 Å². The maximum atomic E-state index is 3.10. The number of hydrogen-bond acceptors (Lipinski definition) is 0. The summed E-state index contributed by atoms with van der Waals surface area (Å²) in [6.07, 6.45) is 0. The first kappa shape index (κ1) is 6.78. The molecule has 0 fully saturated rings. The van der Waals surface area contributed by atoms with Gasteiger partial charge >= 0.3 is 0 Å². The molecule has 0 unspecified atom stereocenters. The van der Waals surface area contributed by atoms with E-state index in [1.54, 1.807) is 0 Å². The van der Waals surface area contributed by atoms with Crippen LogP contribution in [0.5, 0.6) is 0 Å². The van der Waals surface area contributed by atoms with Crippen LogP contribution in [0.4, 0.5) is 0 Å². The first-order valence-corrected chi connectivity index (χ1v) is 3.50. The Morgan fingerprint density at radius 1 is 1.29 bits per heavy atom. The number of rotatable bonds is 0. The van der Waals surface area contributed by atoms with E-state index in [1.165, 1.54) is 0 Å². The van der Waals surface area contributed by atoms with Crippen molar-refractivity contribution in [2.24, 2.45) is 5.41 Å². The van der Waals surface area contributed by atoms with Gasteiger partial charge in [-0.3, -0.25) is 0 Å². The highest BCUT2D eigenvalue weighted by molar-refractivity contribution is 6.22. The normalized spacial score (nSPS) is 10.1. The molecule has 0 saturated heterocycles. The molecular weight excluding hydrogens is 100 g/mol. The standard InChI is InChI=1S/C6H12Si/c1-6(2,3)4-5-7/h1-3,7H3. The molecule has 1 heteroatoms. The van der Waals surface area contributed by atoms with E-state index in [9.17, 15) is 0 Å². The van der Waals surface area contributed by atoms with Crippen LogP contribution in [0.25, 0.3) is 0 Å². The van der Waals surface area contributed by atoms with Crippen molar-refractivity contribution in [3.05, 3.63) is 0 Å². The molecule has 7 heavy (non-hydrogen) atoms. The fourth-order valence-electron chi connectivity index (χ4n) is 0.375. The first-order valence-electron chi connectivity index (χ1n) is 2.50. The quantitative estimate of drug-likeness (QED) is 0.313. The molecule has 0 aliphatic rings. The highest BCUT2D eigenvalue weighted by atomic mass is 28.1. The molecule has 0 N–H and O–H groups in total. The van der Waals surface area contributed by atoms with Crippen molar-refractivity contribution in [3.8, 4) is 11.5 Å². The van der Waals surface area contributed by atoms with Gasteiger partial charge in [0.25, 0.3) is 0 Å². The monoisotopic (exact) mass is 112 g/mol. The molecular formula is C6H12Si. The Morgan fingerprint density at radius 3 is 1.71 bits per heavy atom. The molecule has 0 aromatic heterocycles. The number of hydrogen-bond donors (Lipinski definition) is 0. The van der Waals surface area contributed by atoms with Crippen LogP contribution in [0.2, 0.25) is 0 Å². The lowest BCUT2D eigenvalue weighted by Crippen LogP contribution is -1.98. The molecule has 0 atom stereocenters. The lowest BCUT2D eigenvalue weighted by atomic mass is 9.99. The van der Waals surface area contributed by atoms with E-state index in [0.29, 0.717) is 0 Å². The maximum absolute atomic E-state index is 3.10. The van der Waals surface area contributed by atoms with E-state index in [0.717, 1.165) is 10.2 Å². The molecule has 0 aromatic rings. The van der Waals surface area contributed by atoms with Crippen molar-refractivity contribution in [3.63, 3.8) is 0 Å². The minimum absolute atomic E-state index is 0.224. The van der Waals surface area contributed by atoms with E-state index < -0.39 is 0 Å². The zero-order valence-corrected chi connectivity index (χ0v) is 7.50. The lowest BCUT2D eigenvalue weighted by molar-refractivity contribution is 0.571. The van der Waals surface area contributed by atoms with E-state index in [1.807, 2.05) is 0 Å². The second kappa shape index (κ2) is 2.18. The Labute approximate surface area is 48.7 Å². The van der Waals surface area contributed by atoms with Crippen molar-refractivity contribution in [2.45, 2.75) is 20.8 Å². The minimum atomic E-state index is 0.224. The molecule has 0 bridgehead atoms. The zero-order valence-electron chi connectivity index (χ0n) is 5.50. The summed E-state index contributed by atoms with van der Waals surface area (Å²) in [5.41, 5.74) is 3.22. The summed E-state index contributed by atoms with van der Waals surface area (Å²) in [6.45, 7) is 6.37. The van der Waals surface area contributed by atoms with Gasteiger partial charge in [-0.15, -0.1) is 11.5 Å². The summed E-state index contributed by atoms with van der Waals surface area (Å²) in [6, 6.07) is 0. The Morgan fingerprint density at radius 2 is 1.71 bits per heavy atom. The third kappa shape index (κ3) is 5.78. The molecule has 0 amide bonds. The van der Waals surface area contributed by atoms with Crippen LogP contribution in [-0.4, -0.2) is 10.2 Å². The van der Waals surface area contributed by atoms with Gasteiger partial charge in [0.2, 0.25) is 0 Å². The Bertz CT molecular complexity index is 97.6. The third-order valence-electron chi connectivity index (χ3n) is 0.500. The van der Waals surface area contributed by atoms with Gasteiger partial charge in [-0.2, -0.15) is 0 Å². The fraction of sp³-hybridized carbons (Fsp3) is 0.667. The van der Waals surface area contributed by atoms with Crippen molar-refractivity contribution >= 4 is 10.2 Å². The second-order valence-corrected chi connectivity index (χ2v) is 3.12. The summed E-state index contributed by atoms with van der Waals surface area (Å²) < 4.78 is 0. The van der Waals surface area contributed by atoms with Gasteiger partial charge in [0.1, 0.15) is 0 Å². The molecule has 0 aromatic carbocycles. The average molecular weight is 112 g/mol. The Balaban J connectivity index is 3.72. The molecule has 0 aliphatic heterocycles. The van der Waals surface area contributed by atoms with Gasteiger partial charge in [-0.05, 0) is 20.8 Å². The molecule has 0 nitrogen and oxygen atoms in total. The zero-order chi connectivity index (χ0) is 5.91. The van der Waals surface area contributed by atoms with Crippen molar-refractivity contribution < 1.29 is 0 Å². The summed E-state index contributed by atoms with van der Waals surface area (Å²) in [7, 11) is 1.01. The largest absolute Gasteiger partial charge is 0.143 e. The van der Waals surface area contributed by atoms with Crippen LogP contribution in [-0.2, 0) is 0 Å². The summed E-state index contributed by atoms with van der Waals surface area (Å²) in [5.74, 6) is 3.10. The topological polar surface area (TPSA) is 0 Å². The van der Waals surface area contributed by atoms with Crippen LogP contribution < -0.4 is 0 Å². The van der Waals surface area contributed by atoms with E-state index in [-0.39, 0.29) is 5.41 Å². The second-order valence-electron chi connectivity index (χ2n) is 2.62. The highest BCUT2D eigenvalue weighted by Crippen LogP contribution is 2.08. The summed E-state index contributed by atoms with van der Waals surface area (Å²) >= 11 is 0. The molecule has 0 saturated carbocycles. The van der Waals surface area contributed by atoms with Gasteiger partial charge in [0, 0.05) is 5.41 Å². The van der Waals surface area contributed by atoms with Gasteiger partial charge in [0.15, 0.2) is 0 Å². The predicted molar refractivity (Wildman–Crippen MR) is 37.2 cm³/mol. The summed E-state index contributed by atoms with van der Waals surface area (Å²) in [5, 5.41) is 0. The smallest absolute Gasteiger partial charge is 0.0906 e. The Kier molecular flexibility index (Phi) is 2.11. The van der Waals surface area contributed by atoms with Crippen LogP contribution in [0, 0.1) is 16.9 Å². The van der Waals surface area contributed by atoms with Crippen LogP contribution in [0.1, 0.15) is 20.8 Å². The molecule has 0 radical (unpaired) electrons. The third-order valence-corrected chi connectivity index (χ3v) is 0.750. The van der Waals surface area contributed by atoms with Crippen LogP contribution >= 0.6 is 0 Å². The van der Waals surface area contributed by atoms with Crippen molar-refractivity contribution in [2.75, 3.05) is 0 Å². The Hall–Kier alpha value is -0.223. The van der Waals surface area contributed by atoms with Crippen molar-refractivity contribution in [1.29, 1.82) is 0 Å². The molecule has 0 heterocycles. The van der Waals surface area contributed by atoms with Gasteiger partial charge in [-0.1, -0.05) is 0 Å². The average Bonchev–Trinajstić information content (AvgIpc) is 1.30. The lowest BCUT2D eigenvalue weighted by Gasteiger charge is -2.05.